The molecule has 23 heavy (non-hydrogen) atoms. The SMILES string of the molecule is CN(C)C[C@@H]1CCCCN1C(=O)CNC(=O)NC1CCCCC1. The molecule has 1 heterocycles. The Kier molecular flexibility index (Phi) is 7.15. The second-order valence-electron chi connectivity index (χ2n) is 7.16. The summed E-state index contributed by atoms with van der Waals surface area (Å²) in [6, 6.07) is 0.344. The van der Waals surface area contributed by atoms with Crippen molar-refractivity contribution >= 4 is 11.9 Å². The summed E-state index contributed by atoms with van der Waals surface area (Å²) in [5.74, 6) is 0.0374. The molecule has 3 amide bonds. The van der Waals surface area contributed by atoms with Crippen LogP contribution in [0.3, 0.4) is 0 Å². The fraction of sp³-hybridized carbons (Fsp3) is 0.882. The normalized spacial score (nSPS) is 22.9. The number of carbonyl (C=O) groups excluding carboxylic acids is 2. The van der Waals surface area contributed by atoms with Gasteiger partial charge in [-0.2, -0.15) is 0 Å². The molecule has 1 saturated heterocycles. The molecule has 2 aliphatic rings. The second kappa shape index (κ2) is 9.11. The van der Waals surface area contributed by atoms with Crippen molar-refractivity contribution in [2.24, 2.45) is 0 Å². The zero-order valence-electron chi connectivity index (χ0n) is 14.6. The Bertz CT molecular complexity index is 394. The number of amides is 3. The third-order valence-corrected chi connectivity index (χ3v) is 4.86. The van der Waals surface area contributed by atoms with Gasteiger partial charge in [0.1, 0.15) is 0 Å². The van der Waals surface area contributed by atoms with E-state index in [4.69, 9.17) is 0 Å². The summed E-state index contributed by atoms with van der Waals surface area (Å²) < 4.78 is 0. The van der Waals surface area contributed by atoms with Gasteiger partial charge in [0.2, 0.25) is 5.91 Å². The van der Waals surface area contributed by atoms with Crippen LogP contribution in [0.1, 0.15) is 51.4 Å². The van der Waals surface area contributed by atoms with Crippen molar-refractivity contribution in [3.8, 4) is 0 Å². The molecule has 0 aromatic rings. The van der Waals surface area contributed by atoms with Crippen molar-refractivity contribution < 1.29 is 9.59 Å². The van der Waals surface area contributed by atoms with E-state index in [1.807, 2.05) is 19.0 Å². The van der Waals surface area contributed by atoms with E-state index in [1.165, 1.54) is 25.7 Å². The van der Waals surface area contributed by atoms with Crippen LogP contribution in [0.15, 0.2) is 0 Å². The monoisotopic (exact) mass is 324 g/mol. The van der Waals surface area contributed by atoms with Gasteiger partial charge in [0, 0.05) is 25.2 Å². The number of nitrogens with zero attached hydrogens (tertiary/aromatic N) is 2. The molecule has 2 N–H and O–H groups in total. The molecule has 0 aromatic carbocycles. The average Bonchev–Trinajstić information content (AvgIpc) is 2.53. The van der Waals surface area contributed by atoms with E-state index >= 15 is 0 Å². The van der Waals surface area contributed by atoms with E-state index in [9.17, 15) is 9.59 Å². The number of piperidine rings is 1. The summed E-state index contributed by atoms with van der Waals surface area (Å²) in [7, 11) is 4.07. The van der Waals surface area contributed by atoms with Gasteiger partial charge in [0.25, 0.3) is 0 Å². The first kappa shape index (κ1) is 18.0. The minimum Gasteiger partial charge on any atom is -0.337 e. The van der Waals surface area contributed by atoms with Crippen LogP contribution < -0.4 is 10.6 Å². The van der Waals surface area contributed by atoms with Gasteiger partial charge in [-0.1, -0.05) is 19.3 Å². The maximum atomic E-state index is 12.5. The van der Waals surface area contributed by atoms with Crippen LogP contribution in [-0.2, 0) is 4.79 Å². The first-order valence-electron chi connectivity index (χ1n) is 9.05. The lowest BCUT2D eigenvalue weighted by atomic mass is 9.96. The number of nitrogens with one attached hydrogen (secondary N) is 2. The van der Waals surface area contributed by atoms with E-state index in [0.717, 1.165) is 38.8 Å². The van der Waals surface area contributed by atoms with Crippen LogP contribution in [0.5, 0.6) is 0 Å². The maximum Gasteiger partial charge on any atom is 0.315 e. The molecule has 2 fully saturated rings. The Morgan fingerprint density at radius 3 is 2.43 bits per heavy atom. The van der Waals surface area contributed by atoms with E-state index in [0.29, 0.717) is 0 Å². The molecular weight excluding hydrogens is 292 g/mol. The number of rotatable bonds is 5. The lowest BCUT2D eigenvalue weighted by Crippen LogP contribution is -2.52. The zero-order chi connectivity index (χ0) is 16.7. The van der Waals surface area contributed by atoms with Gasteiger partial charge in [-0.3, -0.25) is 4.79 Å². The molecule has 0 bridgehead atoms. The summed E-state index contributed by atoms with van der Waals surface area (Å²) in [4.78, 5) is 28.5. The minimum absolute atomic E-state index is 0.0374. The number of urea groups is 1. The van der Waals surface area contributed by atoms with Crippen molar-refractivity contribution in [3.63, 3.8) is 0 Å². The molecule has 0 radical (unpaired) electrons. The fourth-order valence-electron chi connectivity index (χ4n) is 3.68. The van der Waals surface area contributed by atoms with Crippen molar-refractivity contribution in [1.82, 2.24) is 20.4 Å². The molecule has 0 aromatic heterocycles. The second-order valence-corrected chi connectivity index (χ2v) is 7.16. The van der Waals surface area contributed by atoms with Crippen molar-refractivity contribution in [1.29, 1.82) is 0 Å². The summed E-state index contributed by atoms with van der Waals surface area (Å²) in [6.07, 6.45) is 9.03. The van der Waals surface area contributed by atoms with E-state index < -0.39 is 0 Å². The minimum atomic E-state index is -0.202. The number of hydrogen-bond acceptors (Lipinski definition) is 3. The maximum absolute atomic E-state index is 12.5. The molecule has 1 aliphatic carbocycles. The number of carbonyl (C=O) groups is 2. The Balaban J connectivity index is 1.74. The lowest BCUT2D eigenvalue weighted by Gasteiger charge is -2.37. The van der Waals surface area contributed by atoms with Crippen LogP contribution >= 0.6 is 0 Å². The third-order valence-electron chi connectivity index (χ3n) is 4.86. The Labute approximate surface area is 140 Å². The molecule has 6 nitrogen and oxygen atoms in total. The smallest absolute Gasteiger partial charge is 0.315 e. The Morgan fingerprint density at radius 2 is 1.74 bits per heavy atom. The fourth-order valence-corrected chi connectivity index (χ4v) is 3.68. The molecule has 0 spiro atoms. The van der Waals surface area contributed by atoms with Crippen LogP contribution in [0, 0.1) is 0 Å². The van der Waals surface area contributed by atoms with Gasteiger partial charge in [-0.05, 0) is 46.2 Å². The molecule has 1 aliphatic heterocycles. The molecule has 0 unspecified atom stereocenters. The molecule has 1 atom stereocenters. The number of hydrogen-bond donors (Lipinski definition) is 2. The predicted octanol–water partition coefficient (Wildman–Crippen LogP) is 1.56. The standard InChI is InChI=1S/C17H32N4O2/c1-20(2)13-15-10-6-7-11-21(15)16(22)12-18-17(23)19-14-8-4-3-5-9-14/h14-15H,3-13H2,1-2H3,(H2,18,19,23)/t15-/m0/s1. The Hall–Kier alpha value is -1.30. The van der Waals surface area contributed by atoms with Crippen LogP contribution in [0.4, 0.5) is 4.79 Å². The van der Waals surface area contributed by atoms with E-state index in [-0.39, 0.29) is 30.6 Å². The van der Waals surface area contributed by atoms with E-state index in [1.54, 1.807) is 0 Å². The van der Waals surface area contributed by atoms with Crippen molar-refractivity contribution in [2.45, 2.75) is 63.5 Å². The first-order chi connectivity index (χ1) is 11.1. The van der Waals surface area contributed by atoms with Crippen LogP contribution in [0.25, 0.3) is 0 Å². The summed E-state index contributed by atoms with van der Waals surface area (Å²) in [6.45, 7) is 1.80. The largest absolute Gasteiger partial charge is 0.337 e. The summed E-state index contributed by atoms with van der Waals surface area (Å²) >= 11 is 0. The average molecular weight is 324 g/mol. The van der Waals surface area contributed by atoms with Crippen molar-refractivity contribution in [3.05, 3.63) is 0 Å². The first-order valence-corrected chi connectivity index (χ1v) is 9.05. The van der Waals surface area contributed by atoms with Gasteiger partial charge >= 0.3 is 6.03 Å². The van der Waals surface area contributed by atoms with Gasteiger partial charge in [-0.15, -0.1) is 0 Å². The molecule has 132 valence electrons. The van der Waals surface area contributed by atoms with Gasteiger partial charge < -0.3 is 20.4 Å². The van der Waals surface area contributed by atoms with Crippen LogP contribution in [-0.4, -0.2) is 67.6 Å². The lowest BCUT2D eigenvalue weighted by molar-refractivity contribution is -0.134. The quantitative estimate of drug-likeness (QED) is 0.807. The molecule has 1 saturated carbocycles. The zero-order valence-corrected chi connectivity index (χ0v) is 14.6. The van der Waals surface area contributed by atoms with E-state index in [2.05, 4.69) is 15.5 Å². The topological polar surface area (TPSA) is 64.7 Å². The summed E-state index contributed by atoms with van der Waals surface area (Å²) in [5.41, 5.74) is 0. The number of likely N-dealkylation sites (N-methyl/N-ethyl adjacent to an activating group) is 1. The highest BCUT2D eigenvalue weighted by Crippen LogP contribution is 2.18. The summed E-state index contributed by atoms with van der Waals surface area (Å²) in [5, 5.41) is 5.74. The van der Waals surface area contributed by atoms with Crippen LogP contribution in [0.2, 0.25) is 0 Å². The predicted molar refractivity (Wildman–Crippen MR) is 91.3 cm³/mol. The van der Waals surface area contributed by atoms with Gasteiger partial charge in [0.15, 0.2) is 0 Å². The van der Waals surface area contributed by atoms with Gasteiger partial charge in [-0.25, -0.2) is 4.79 Å². The third kappa shape index (κ3) is 6.01. The Morgan fingerprint density at radius 1 is 1.04 bits per heavy atom. The molecule has 2 rings (SSSR count). The molecule has 6 heteroatoms. The van der Waals surface area contributed by atoms with Gasteiger partial charge in [0.05, 0.1) is 6.54 Å². The highest BCUT2D eigenvalue weighted by molar-refractivity contribution is 5.84. The van der Waals surface area contributed by atoms with Crippen molar-refractivity contribution in [2.75, 3.05) is 33.7 Å². The number of likely N-dealkylation sites (tertiary alicyclic amines) is 1. The highest BCUT2D eigenvalue weighted by atomic mass is 16.2. The molecular formula is C17H32N4O2. The highest BCUT2D eigenvalue weighted by Gasteiger charge is 2.27.